The first kappa shape index (κ1) is 14.9. The standard InChI is InChI=1S/C16H13ClN2O2S/c1-10-4-2-3-5-12(10)18-15(20)9-22-16-19-13-8-11(17)6-7-14(13)21-16/h2-8H,9H2,1H3,(H,18,20). The number of anilines is 1. The lowest BCUT2D eigenvalue weighted by Crippen LogP contribution is -2.14. The van der Waals surface area contributed by atoms with Crippen LogP contribution in [0, 0.1) is 6.92 Å². The third kappa shape index (κ3) is 3.43. The van der Waals surface area contributed by atoms with Crippen LogP contribution < -0.4 is 5.32 Å². The monoisotopic (exact) mass is 332 g/mol. The summed E-state index contributed by atoms with van der Waals surface area (Å²) in [5.74, 6) is 0.133. The number of oxazole rings is 1. The van der Waals surface area contributed by atoms with Gasteiger partial charge in [-0.2, -0.15) is 0 Å². The van der Waals surface area contributed by atoms with Gasteiger partial charge in [-0.05, 0) is 36.8 Å². The predicted octanol–water partition coefficient (Wildman–Crippen LogP) is 4.52. The molecule has 1 aromatic heterocycles. The number of aryl methyl sites for hydroxylation is 1. The van der Waals surface area contributed by atoms with Gasteiger partial charge < -0.3 is 9.73 Å². The number of amides is 1. The average molecular weight is 333 g/mol. The molecule has 0 aliphatic carbocycles. The molecule has 0 aliphatic heterocycles. The number of benzene rings is 2. The fourth-order valence-electron chi connectivity index (χ4n) is 1.97. The zero-order valence-electron chi connectivity index (χ0n) is 11.8. The number of aromatic nitrogens is 1. The van der Waals surface area contributed by atoms with Gasteiger partial charge >= 0.3 is 0 Å². The maximum Gasteiger partial charge on any atom is 0.257 e. The summed E-state index contributed by atoms with van der Waals surface area (Å²) in [6, 6.07) is 12.9. The van der Waals surface area contributed by atoms with Gasteiger partial charge in [-0.1, -0.05) is 41.6 Å². The summed E-state index contributed by atoms with van der Waals surface area (Å²) in [7, 11) is 0. The van der Waals surface area contributed by atoms with Crippen LogP contribution in [0.1, 0.15) is 5.56 Å². The number of fused-ring (bicyclic) bond motifs is 1. The summed E-state index contributed by atoms with van der Waals surface area (Å²) < 4.78 is 5.56. The van der Waals surface area contributed by atoms with Crippen LogP contribution in [0.2, 0.25) is 5.02 Å². The summed E-state index contributed by atoms with van der Waals surface area (Å²) in [4.78, 5) is 16.3. The molecule has 0 saturated heterocycles. The van der Waals surface area contributed by atoms with Gasteiger partial charge in [0.2, 0.25) is 5.91 Å². The van der Waals surface area contributed by atoms with Crippen molar-refractivity contribution in [3.8, 4) is 0 Å². The SMILES string of the molecule is Cc1ccccc1NC(=O)CSc1nc2cc(Cl)ccc2o1. The second-order valence-corrected chi connectivity index (χ2v) is 6.11. The molecule has 2 aromatic carbocycles. The first-order valence-corrected chi connectivity index (χ1v) is 8.02. The highest BCUT2D eigenvalue weighted by molar-refractivity contribution is 7.99. The molecule has 22 heavy (non-hydrogen) atoms. The minimum absolute atomic E-state index is 0.0976. The number of thioether (sulfide) groups is 1. The van der Waals surface area contributed by atoms with E-state index in [0.29, 0.717) is 21.3 Å². The van der Waals surface area contributed by atoms with E-state index in [1.54, 1.807) is 18.2 Å². The Morgan fingerprint density at radius 3 is 2.95 bits per heavy atom. The van der Waals surface area contributed by atoms with Gasteiger partial charge in [0.1, 0.15) is 5.52 Å². The normalized spacial score (nSPS) is 10.8. The molecule has 0 spiro atoms. The molecule has 6 heteroatoms. The summed E-state index contributed by atoms with van der Waals surface area (Å²) in [5, 5.41) is 3.93. The van der Waals surface area contributed by atoms with Gasteiger partial charge in [0, 0.05) is 10.7 Å². The van der Waals surface area contributed by atoms with Crippen LogP contribution in [0.5, 0.6) is 0 Å². The highest BCUT2D eigenvalue weighted by Crippen LogP contribution is 2.25. The van der Waals surface area contributed by atoms with E-state index in [1.165, 1.54) is 11.8 Å². The van der Waals surface area contributed by atoms with Crippen LogP contribution in [0.15, 0.2) is 52.1 Å². The Balaban J connectivity index is 1.63. The molecular formula is C16H13ClN2O2S. The van der Waals surface area contributed by atoms with Crippen molar-refractivity contribution in [3.05, 3.63) is 53.1 Å². The van der Waals surface area contributed by atoms with Crippen molar-refractivity contribution < 1.29 is 9.21 Å². The largest absolute Gasteiger partial charge is 0.431 e. The van der Waals surface area contributed by atoms with Crippen LogP contribution >= 0.6 is 23.4 Å². The fourth-order valence-corrected chi connectivity index (χ4v) is 2.77. The van der Waals surface area contributed by atoms with Crippen molar-refractivity contribution >= 4 is 46.1 Å². The first-order chi connectivity index (χ1) is 10.6. The molecule has 4 nitrogen and oxygen atoms in total. The van der Waals surface area contributed by atoms with Crippen molar-refractivity contribution in [1.29, 1.82) is 0 Å². The van der Waals surface area contributed by atoms with Crippen LogP contribution in [-0.2, 0) is 4.79 Å². The molecule has 1 N–H and O–H groups in total. The maximum atomic E-state index is 12.0. The van der Waals surface area contributed by atoms with Crippen LogP contribution in [0.4, 0.5) is 5.69 Å². The number of carbonyl (C=O) groups is 1. The van der Waals surface area contributed by atoms with Crippen molar-refractivity contribution in [3.63, 3.8) is 0 Å². The smallest absolute Gasteiger partial charge is 0.257 e. The maximum absolute atomic E-state index is 12.0. The second kappa shape index (κ2) is 6.42. The van der Waals surface area contributed by atoms with Crippen LogP contribution in [0.3, 0.4) is 0 Å². The van der Waals surface area contributed by atoms with Gasteiger partial charge in [-0.25, -0.2) is 4.98 Å². The lowest BCUT2D eigenvalue weighted by molar-refractivity contribution is -0.113. The Morgan fingerprint density at radius 1 is 1.32 bits per heavy atom. The van der Waals surface area contributed by atoms with E-state index >= 15 is 0 Å². The minimum Gasteiger partial charge on any atom is -0.431 e. The number of nitrogens with zero attached hydrogens (tertiary/aromatic N) is 1. The molecule has 1 amide bonds. The zero-order valence-corrected chi connectivity index (χ0v) is 13.4. The van der Waals surface area contributed by atoms with Crippen LogP contribution in [0.25, 0.3) is 11.1 Å². The van der Waals surface area contributed by atoms with E-state index in [2.05, 4.69) is 10.3 Å². The van der Waals surface area contributed by atoms with E-state index in [1.807, 2.05) is 31.2 Å². The highest BCUT2D eigenvalue weighted by Gasteiger charge is 2.10. The molecule has 0 saturated carbocycles. The molecule has 3 aromatic rings. The lowest BCUT2D eigenvalue weighted by Gasteiger charge is -2.06. The van der Waals surface area contributed by atoms with Crippen molar-refractivity contribution in [2.24, 2.45) is 0 Å². The molecule has 0 radical (unpaired) electrons. The van der Waals surface area contributed by atoms with E-state index in [0.717, 1.165) is 11.3 Å². The number of para-hydroxylation sites is 1. The summed E-state index contributed by atoms with van der Waals surface area (Å²) in [5.41, 5.74) is 3.19. The molecule has 0 aliphatic rings. The highest BCUT2D eigenvalue weighted by atomic mass is 35.5. The summed E-state index contributed by atoms with van der Waals surface area (Å²) in [6.07, 6.45) is 0. The second-order valence-electron chi connectivity index (χ2n) is 4.74. The van der Waals surface area contributed by atoms with E-state index in [9.17, 15) is 4.79 Å². The van der Waals surface area contributed by atoms with Gasteiger partial charge in [0.25, 0.3) is 5.22 Å². The number of carbonyl (C=O) groups excluding carboxylic acids is 1. The molecule has 0 unspecified atom stereocenters. The quantitative estimate of drug-likeness (QED) is 0.714. The summed E-state index contributed by atoms with van der Waals surface area (Å²) in [6.45, 7) is 1.95. The lowest BCUT2D eigenvalue weighted by atomic mass is 10.2. The number of hydrogen-bond donors (Lipinski definition) is 1. The molecule has 0 atom stereocenters. The number of halogens is 1. The van der Waals surface area contributed by atoms with E-state index < -0.39 is 0 Å². The van der Waals surface area contributed by atoms with Crippen molar-refractivity contribution in [1.82, 2.24) is 4.98 Å². The van der Waals surface area contributed by atoms with Crippen molar-refractivity contribution in [2.45, 2.75) is 12.1 Å². The van der Waals surface area contributed by atoms with Gasteiger partial charge in [-0.3, -0.25) is 4.79 Å². The summed E-state index contributed by atoms with van der Waals surface area (Å²) >= 11 is 7.16. The number of hydrogen-bond acceptors (Lipinski definition) is 4. The Labute approximate surface area is 136 Å². The van der Waals surface area contributed by atoms with E-state index in [4.69, 9.17) is 16.0 Å². The minimum atomic E-state index is -0.0976. The van der Waals surface area contributed by atoms with Crippen molar-refractivity contribution in [2.75, 3.05) is 11.1 Å². The van der Waals surface area contributed by atoms with Gasteiger partial charge in [0.05, 0.1) is 5.75 Å². The molecular weight excluding hydrogens is 320 g/mol. The Kier molecular flexibility index (Phi) is 4.36. The van der Waals surface area contributed by atoms with Gasteiger partial charge in [0.15, 0.2) is 5.58 Å². The predicted molar refractivity (Wildman–Crippen MR) is 89.6 cm³/mol. The molecule has 0 bridgehead atoms. The number of nitrogens with one attached hydrogen (secondary N) is 1. The topological polar surface area (TPSA) is 55.1 Å². The average Bonchev–Trinajstić information content (AvgIpc) is 2.89. The van der Waals surface area contributed by atoms with Crippen LogP contribution in [-0.4, -0.2) is 16.6 Å². The third-order valence-electron chi connectivity index (χ3n) is 3.08. The fraction of sp³-hybridized carbons (Fsp3) is 0.125. The molecule has 3 rings (SSSR count). The Morgan fingerprint density at radius 2 is 2.14 bits per heavy atom. The van der Waals surface area contributed by atoms with Gasteiger partial charge in [-0.15, -0.1) is 0 Å². The number of rotatable bonds is 4. The molecule has 112 valence electrons. The van der Waals surface area contributed by atoms with E-state index in [-0.39, 0.29) is 11.7 Å². The zero-order chi connectivity index (χ0) is 15.5. The molecule has 0 fully saturated rings. The Hall–Kier alpha value is -1.98. The molecule has 1 heterocycles. The Bertz CT molecular complexity index is 832. The first-order valence-electron chi connectivity index (χ1n) is 6.66. The third-order valence-corrected chi connectivity index (χ3v) is 4.14.